The summed E-state index contributed by atoms with van der Waals surface area (Å²) in [5.41, 5.74) is 1.89. The number of esters is 1. The first-order valence-corrected chi connectivity index (χ1v) is 5.94. The van der Waals surface area contributed by atoms with Gasteiger partial charge in [0.2, 0.25) is 0 Å². The number of carbonyl (C=O) groups excluding carboxylic acids is 1. The normalized spacial score (nSPS) is 12.5. The lowest BCUT2D eigenvalue weighted by molar-refractivity contribution is 0.0585. The molecule has 1 atom stereocenters. The Hall–Kier alpha value is -1.25. The SMILES string of the molecule is CCCc1ccc(C(=O)OC)n1[C@@H](C)CC. The third-order valence-electron chi connectivity index (χ3n) is 2.93. The van der Waals surface area contributed by atoms with Crippen molar-refractivity contribution in [2.75, 3.05) is 7.11 Å². The van der Waals surface area contributed by atoms with E-state index in [1.54, 1.807) is 0 Å². The standard InChI is InChI=1S/C13H21NO2/c1-5-7-11-8-9-12(13(15)16-4)14(11)10(3)6-2/h8-10H,5-7H2,1-4H3/t10-/m0/s1. The molecular weight excluding hydrogens is 202 g/mol. The van der Waals surface area contributed by atoms with Gasteiger partial charge < -0.3 is 9.30 Å². The van der Waals surface area contributed by atoms with E-state index in [0.29, 0.717) is 11.7 Å². The molecule has 0 aliphatic rings. The van der Waals surface area contributed by atoms with Crippen LogP contribution in [0.5, 0.6) is 0 Å². The number of carbonyl (C=O) groups is 1. The van der Waals surface area contributed by atoms with Crippen molar-refractivity contribution in [3.05, 3.63) is 23.5 Å². The van der Waals surface area contributed by atoms with Crippen molar-refractivity contribution in [2.45, 2.75) is 46.1 Å². The Balaban J connectivity index is 3.13. The molecule has 0 aliphatic carbocycles. The maximum absolute atomic E-state index is 11.6. The van der Waals surface area contributed by atoms with Gasteiger partial charge in [-0.25, -0.2) is 4.79 Å². The molecule has 1 aromatic heterocycles. The summed E-state index contributed by atoms with van der Waals surface area (Å²) in [7, 11) is 1.43. The van der Waals surface area contributed by atoms with E-state index in [-0.39, 0.29) is 5.97 Å². The van der Waals surface area contributed by atoms with Gasteiger partial charge in [0.15, 0.2) is 0 Å². The van der Waals surface area contributed by atoms with Crippen LogP contribution in [0.2, 0.25) is 0 Å². The highest BCUT2D eigenvalue weighted by molar-refractivity contribution is 5.87. The van der Waals surface area contributed by atoms with E-state index in [2.05, 4.69) is 25.3 Å². The summed E-state index contributed by atoms with van der Waals surface area (Å²) in [6.45, 7) is 6.40. The molecule has 0 radical (unpaired) electrons. The molecular formula is C13H21NO2. The summed E-state index contributed by atoms with van der Waals surface area (Å²) in [5.74, 6) is -0.248. The Morgan fingerprint density at radius 3 is 2.62 bits per heavy atom. The van der Waals surface area contributed by atoms with Gasteiger partial charge in [0.05, 0.1) is 7.11 Å². The van der Waals surface area contributed by atoms with E-state index in [0.717, 1.165) is 19.3 Å². The molecule has 0 amide bonds. The van der Waals surface area contributed by atoms with Gasteiger partial charge in [-0.3, -0.25) is 0 Å². The average Bonchev–Trinajstić information content (AvgIpc) is 2.71. The fourth-order valence-electron chi connectivity index (χ4n) is 1.92. The molecule has 0 spiro atoms. The molecule has 0 bridgehead atoms. The highest BCUT2D eigenvalue weighted by atomic mass is 16.5. The van der Waals surface area contributed by atoms with Crippen LogP contribution in [-0.4, -0.2) is 17.6 Å². The number of hydrogen-bond donors (Lipinski definition) is 0. The minimum Gasteiger partial charge on any atom is -0.464 e. The van der Waals surface area contributed by atoms with E-state index in [9.17, 15) is 4.79 Å². The van der Waals surface area contributed by atoms with Crippen LogP contribution in [0, 0.1) is 0 Å². The fraction of sp³-hybridized carbons (Fsp3) is 0.615. The highest BCUT2D eigenvalue weighted by Gasteiger charge is 2.17. The molecule has 0 aromatic carbocycles. The summed E-state index contributed by atoms with van der Waals surface area (Å²) in [6, 6.07) is 4.23. The molecule has 3 heteroatoms. The number of ether oxygens (including phenoxy) is 1. The Morgan fingerprint density at radius 1 is 1.44 bits per heavy atom. The third kappa shape index (κ3) is 2.46. The first kappa shape index (κ1) is 12.8. The average molecular weight is 223 g/mol. The van der Waals surface area contributed by atoms with Gasteiger partial charge in [0.25, 0.3) is 0 Å². The van der Waals surface area contributed by atoms with Crippen molar-refractivity contribution >= 4 is 5.97 Å². The highest BCUT2D eigenvalue weighted by Crippen LogP contribution is 2.21. The molecule has 90 valence electrons. The molecule has 0 saturated heterocycles. The zero-order valence-electron chi connectivity index (χ0n) is 10.6. The first-order valence-electron chi connectivity index (χ1n) is 5.94. The predicted molar refractivity (Wildman–Crippen MR) is 64.8 cm³/mol. The number of aryl methyl sites for hydroxylation is 1. The number of nitrogens with zero attached hydrogens (tertiary/aromatic N) is 1. The molecule has 0 unspecified atom stereocenters. The van der Waals surface area contributed by atoms with E-state index in [1.807, 2.05) is 12.1 Å². The van der Waals surface area contributed by atoms with Crippen LogP contribution < -0.4 is 0 Å². The van der Waals surface area contributed by atoms with Crippen molar-refractivity contribution in [1.29, 1.82) is 0 Å². The number of rotatable bonds is 5. The van der Waals surface area contributed by atoms with E-state index in [1.165, 1.54) is 12.8 Å². The maximum atomic E-state index is 11.6. The van der Waals surface area contributed by atoms with Crippen LogP contribution in [0.3, 0.4) is 0 Å². The van der Waals surface area contributed by atoms with Gasteiger partial charge >= 0.3 is 5.97 Å². The second-order valence-corrected chi connectivity index (χ2v) is 4.08. The van der Waals surface area contributed by atoms with Crippen molar-refractivity contribution < 1.29 is 9.53 Å². The molecule has 0 aliphatic heterocycles. The minimum absolute atomic E-state index is 0.248. The predicted octanol–water partition coefficient (Wildman–Crippen LogP) is 3.20. The second-order valence-electron chi connectivity index (χ2n) is 4.08. The van der Waals surface area contributed by atoms with Gasteiger partial charge in [-0.2, -0.15) is 0 Å². The second kappa shape index (κ2) is 5.73. The van der Waals surface area contributed by atoms with E-state index in [4.69, 9.17) is 4.74 Å². The summed E-state index contributed by atoms with van der Waals surface area (Å²) < 4.78 is 6.91. The van der Waals surface area contributed by atoms with Crippen LogP contribution in [-0.2, 0) is 11.2 Å². The molecule has 0 fully saturated rings. The zero-order chi connectivity index (χ0) is 12.1. The molecule has 1 rings (SSSR count). The molecule has 3 nitrogen and oxygen atoms in total. The van der Waals surface area contributed by atoms with Crippen molar-refractivity contribution in [1.82, 2.24) is 4.57 Å². The van der Waals surface area contributed by atoms with Gasteiger partial charge in [0, 0.05) is 11.7 Å². The number of methoxy groups -OCH3 is 1. The third-order valence-corrected chi connectivity index (χ3v) is 2.93. The zero-order valence-corrected chi connectivity index (χ0v) is 10.6. The Labute approximate surface area is 97.4 Å². The van der Waals surface area contributed by atoms with Crippen LogP contribution in [0.15, 0.2) is 12.1 Å². The van der Waals surface area contributed by atoms with Gasteiger partial charge in [-0.05, 0) is 31.9 Å². The first-order chi connectivity index (χ1) is 7.65. The van der Waals surface area contributed by atoms with Gasteiger partial charge in [-0.1, -0.05) is 20.3 Å². The molecule has 16 heavy (non-hydrogen) atoms. The molecule has 1 heterocycles. The lowest BCUT2D eigenvalue weighted by atomic mass is 10.2. The lowest BCUT2D eigenvalue weighted by Gasteiger charge is -2.18. The van der Waals surface area contributed by atoms with Crippen LogP contribution in [0.4, 0.5) is 0 Å². The number of aromatic nitrogens is 1. The Morgan fingerprint density at radius 2 is 2.12 bits per heavy atom. The van der Waals surface area contributed by atoms with Gasteiger partial charge in [-0.15, -0.1) is 0 Å². The Kier molecular flexibility index (Phi) is 4.59. The van der Waals surface area contributed by atoms with Crippen molar-refractivity contribution in [2.24, 2.45) is 0 Å². The summed E-state index contributed by atoms with van der Waals surface area (Å²) in [6.07, 6.45) is 3.10. The number of hydrogen-bond acceptors (Lipinski definition) is 2. The smallest absolute Gasteiger partial charge is 0.354 e. The van der Waals surface area contributed by atoms with Crippen molar-refractivity contribution in [3.8, 4) is 0 Å². The van der Waals surface area contributed by atoms with Crippen molar-refractivity contribution in [3.63, 3.8) is 0 Å². The largest absolute Gasteiger partial charge is 0.464 e. The van der Waals surface area contributed by atoms with Crippen LogP contribution in [0.1, 0.15) is 55.8 Å². The Bertz CT molecular complexity index is 355. The monoisotopic (exact) mass is 223 g/mol. The minimum atomic E-state index is -0.248. The summed E-state index contributed by atoms with van der Waals surface area (Å²) in [4.78, 5) is 11.6. The van der Waals surface area contributed by atoms with E-state index >= 15 is 0 Å². The quantitative estimate of drug-likeness (QED) is 0.718. The molecule has 1 aromatic rings. The fourth-order valence-corrected chi connectivity index (χ4v) is 1.92. The lowest BCUT2D eigenvalue weighted by Crippen LogP contribution is -2.16. The summed E-state index contributed by atoms with van der Waals surface area (Å²) in [5, 5.41) is 0. The molecule has 0 saturated carbocycles. The maximum Gasteiger partial charge on any atom is 0.354 e. The van der Waals surface area contributed by atoms with Crippen LogP contribution >= 0.6 is 0 Å². The topological polar surface area (TPSA) is 31.2 Å². The van der Waals surface area contributed by atoms with Crippen LogP contribution in [0.25, 0.3) is 0 Å². The van der Waals surface area contributed by atoms with E-state index < -0.39 is 0 Å². The molecule has 0 N–H and O–H groups in total. The van der Waals surface area contributed by atoms with Gasteiger partial charge in [0.1, 0.15) is 5.69 Å². The summed E-state index contributed by atoms with van der Waals surface area (Å²) >= 11 is 0.